The molecule has 0 spiro atoms. The number of hydrogen-bond acceptors (Lipinski definition) is 6. The number of hydrogen-bond donors (Lipinski definition) is 0. The van der Waals surface area contributed by atoms with Crippen molar-refractivity contribution in [2.24, 2.45) is 0 Å². The summed E-state index contributed by atoms with van der Waals surface area (Å²) in [6.45, 7) is 47.6. The molecule has 0 atom stereocenters. The van der Waals surface area contributed by atoms with Gasteiger partial charge in [-0.25, -0.2) is 0 Å². The summed E-state index contributed by atoms with van der Waals surface area (Å²) in [5.74, 6) is 0. The van der Waals surface area contributed by atoms with Crippen LogP contribution in [0.3, 0.4) is 0 Å². The minimum Gasteiger partial charge on any atom is -0.403 e. The maximum Gasteiger partial charge on any atom is 0.374 e. The summed E-state index contributed by atoms with van der Waals surface area (Å²) in [7, 11) is -21.0. The van der Waals surface area contributed by atoms with E-state index in [9.17, 15) is 0 Å². The lowest BCUT2D eigenvalue weighted by Crippen LogP contribution is -2.67. The second kappa shape index (κ2) is 12.5. The van der Waals surface area contributed by atoms with E-state index in [4.69, 9.17) is 24.7 Å². The van der Waals surface area contributed by atoms with Crippen molar-refractivity contribution in [3.05, 3.63) is 147 Å². The van der Waals surface area contributed by atoms with Gasteiger partial charge >= 0.3 is 51.4 Å². The summed E-state index contributed by atoms with van der Waals surface area (Å²) >= 11 is 0. The second-order valence-electron chi connectivity index (χ2n) is 7.39. The van der Waals surface area contributed by atoms with E-state index in [1.54, 1.807) is 68.4 Å². The van der Waals surface area contributed by atoms with Gasteiger partial charge in [0, 0.05) is 0 Å². The van der Waals surface area contributed by atoms with Crippen LogP contribution in [0.2, 0.25) is 0 Å². The average Bonchev–Trinajstić information content (AvgIpc) is 2.94. The highest BCUT2D eigenvalue weighted by Gasteiger charge is 2.58. The van der Waals surface area contributed by atoms with Crippen LogP contribution in [0.25, 0.3) is 0 Å². The first kappa shape index (κ1) is 32.0. The van der Waals surface area contributed by atoms with Crippen molar-refractivity contribution in [3.8, 4) is 0 Å². The molecule has 0 aromatic heterocycles. The van der Waals surface area contributed by atoms with Crippen LogP contribution in [0.1, 0.15) is 0 Å². The monoisotopic (exact) mass is 588 g/mol. The van der Waals surface area contributed by atoms with Crippen molar-refractivity contribution in [2.45, 2.75) is 0 Å². The maximum atomic E-state index is 6.65. The van der Waals surface area contributed by atoms with E-state index in [-0.39, 0.29) is 0 Å². The normalized spacial score (nSPS) is 23.3. The zero-order valence-corrected chi connectivity index (χ0v) is 26.9. The Balaban J connectivity index is 4.19. The van der Waals surface area contributed by atoms with E-state index in [1.807, 2.05) is 0 Å². The Labute approximate surface area is 222 Å². The molecule has 36 heavy (non-hydrogen) atoms. The van der Waals surface area contributed by atoms with Crippen LogP contribution in [0.15, 0.2) is 147 Å². The Morgan fingerprint density at radius 2 is 0.306 bits per heavy atom. The summed E-state index contributed by atoms with van der Waals surface area (Å²) in [6, 6.07) is 0. The lowest BCUT2D eigenvalue weighted by atomic mass is 11.2. The van der Waals surface area contributed by atoms with Gasteiger partial charge in [-0.2, -0.15) is 0 Å². The van der Waals surface area contributed by atoms with Gasteiger partial charge in [-0.3, -0.25) is 0 Å². The Bertz CT molecular complexity index is 716. The molecule has 0 radical (unpaired) electrons. The van der Waals surface area contributed by atoms with Gasteiger partial charge in [0.15, 0.2) is 0 Å². The molecule has 6 nitrogen and oxygen atoms in total. The smallest absolute Gasteiger partial charge is 0.374 e. The summed E-state index contributed by atoms with van der Waals surface area (Å²) in [4.78, 5) is 0. The van der Waals surface area contributed by atoms with Crippen molar-refractivity contribution in [1.29, 1.82) is 0 Å². The first-order chi connectivity index (χ1) is 17.0. The highest BCUT2D eigenvalue weighted by Crippen LogP contribution is 2.35. The van der Waals surface area contributed by atoms with Gasteiger partial charge < -0.3 is 24.7 Å². The predicted octanol–water partition coefficient (Wildman–Crippen LogP) is 5.46. The lowest BCUT2D eigenvalue weighted by molar-refractivity contribution is 0.264. The van der Waals surface area contributed by atoms with Gasteiger partial charge in [-0.15, -0.1) is 78.9 Å². The lowest BCUT2D eigenvalue weighted by Gasteiger charge is -2.47. The first-order valence-corrected chi connectivity index (χ1v) is 22.6. The van der Waals surface area contributed by atoms with E-state index in [1.165, 1.54) is 0 Å². The molecule has 1 aliphatic heterocycles. The molecule has 0 amide bonds. The van der Waals surface area contributed by atoms with Crippen molar-refractivity contribution in [3.63, 3.8) is 0 Å². The molecule has 1 fully saturated rings. The van der Waals surface area contributed by atoms with Crippen LogP contribution in [0.4, 0.5) is 0 Å². The third-order valence-corrected chi connectivity index (χ3v) is 27.5. The molecule has 1 rings (SSSR count). The molecule has 0 aromatic carbocycles. The topological polar surface area (TPSA) is 55.4 Å². The maximum absolute atomic E-state index is 6.65. The third kappa shape index (κ3) is 6.25. The Kier molecular flexibility index (Phi) is 11.1. The Morgan fingerprint density at radius 1 is 0.222 bits per heavy atom. The molecular weight excluding hydrogens is 553 g/mol. The van der Waals surface area contributed by atoms with E-state index < -0.39 is 51.4 Å². The third-order valence-electron chi connectivity index (χ3n) is 5.33. The fourth-order valence-corrected chi connectivity index (χ4v) is 27.3. The Hall–Kier alpha value is -2.06. The highest BCUT2D eigenvalue weighted by molar-refractivity contribution is 7.04. The van der Waals surface area contributed by atoms with Crippen LogP contribution in [0, 0.1) is 0 Å². The van der Waals surface area contributed by atoms with Crippen molar-refractivity contribution in [2.75, 3.05) is 0 Å². The van der Waals surface area contributed by atoms with Gasteiger partial charge in [-0.05, 0) is 68.4 Å². The molecule has 0 unspecified atom stereocenters. The van der Waals surface area contributed by atoms with E-state index in [2.05, 4.69) is 78.9 Å². The van der Waals surface area contributed by atoms with Crippen LogP contribution in [0.5, 0.6) is 0 Å². The SMILES string of the molecule is C=C[Si]1(C=C)O[Si](C=C)(C=C)O[Si](C=C)(C=C)O[Si](C=C)(C=C)O[Si](C=C)(C=C)O[Si](C=C)(C=C)O1. The highest BCUT2D eigenvalue weighted by atomic mass is 28.5. The summed E-state index contributed by atoms with van der Waals surface area (Å²) in [5, 5.41) is 0. The predicted molar refractivity (Wildman–Crippen MR) is 163 cm³/mol. The van der Waals surface area contributed by atoms with Gasteiger partial charge in [0.1, 0.15) is 0 Å². The average molecular weight is 589 g/mol. The standard InChI is InChI=1S/C24H36O6Si6/c1-13-31(14-2)25-32(15-3,16-4)27-34(19-7,20-8)29-36(23-11,24-12)30-35(21-9,22-10)28-33(17-5,18-6)26-31/h13-24H,1-12H2. The minimum atomic E-state index is -3.51. The second-order valence-corrected chi connectivity index (χ2v) is 25.8. The quantitative estimate of drug-likeness (QED) is 0.283. The molecular formula is C24H36O6Si6. The fraction of sp³-hybridized carbons (Fsp3) is 0. The number of rotatable bonds is 12. The van der Waals surface area contributed by atoms with Crippen molar-refractivity contribution >= 4 is 51.4 Å². The molecule has 12 heteroatoms. The van der Waals surface area contributed by atoms with Gasteiger partial charge in [0.2, 0.25) is 0 Å². The summed E-state index contributed by atoms with van der Waals surface area (Å²) in [6.07, 6.45) is 0. The van der Waals surface area contributed by atoms with Gasteiger partial charge in [0.05, 0.1) is 0 Å². The Morgan fingerprint density at radius 3 is 0.361 bits per heavy atom. The van der Waals surface area contributed by atoms with Gasteiger partial charge in [-0.1, -0.05) is 0 Å². The molecule has 0 saturated carbocycles. The molecule has 0 aromatic rings. The zero-order chi connectivity index (χ0) is 27.7. The molecule has 0 N–H and O–H groups in total. The molecule has 0 bridgehead atoms. The van der Waals surface area contributed by atoms with Crippen LogP contribution in [-0.4, -0.2) is 51.4 Å². The zero-order valence-electron chi connectivity index (χ0n) is 20.9. The van der Waals surface area contributed by atoms with Crippen LogP contribution in [-0.2, 0) is 24.7 Å². The summed E-state index contributed by atoms with van der Waals surface area (Å²) in [5.41, 5.74) is 18.7. The summed E-state index contributed by atoms with van der Waals surface area (Å²) < 4.78 is 39.9. The van der Waals surface area contributed by atoms with Gasteiger partial charge in [0.25, 0.3) is 0 Å². The van der Waals surface area contributed by atoms with Crippen molar-refractivity contribution < 1.29 is 24.7 Å². The van der Waals surface area contributed by atoms with Crippen LogP contribution < -0.4 is 0 Å². The minimum absolute atomic E-state index is 1.56. The van der Waals surface area contributed by atoms with E-state index >= 15 is 0 Å². The van der Waals surface area contributed by atoms with Crippen LogP contribution >= 0.6 is 0 Å². The molecule has 1 saturated heterocycles. The van der Waals surface area contributed by atoms with Crippen molar-refractivity contribution in [1.82, 2.24) is 0 Å². The first-order valence-electron chi connectivity index (χ1n) is 10.8. The van der Waals surface area contributed by atoms with E-state index in [0.29, 0.717) is 0 Å². The molecule has 1 heterocycles. The van der Waals surface area contributed by atoms with E-state index in [0.717, 1.165) is 0 Å². The molecule has 1 aliphatic rings. The molecule has 0 aliphatic carbocycles. The fourth-order valence-electron chi connectivity index (χ4n) is 3.12. The largest absolute Gasteiger partial charge is 0.403 e. The molecule has 192 valence electrons.